The quantitative estimate of drug-likeness (QED) is 0.824. The zero-order valence-corrected chi connectivity index (χ0v) is 9.95. The maximum Gasteiger partial charge on any atom is 0.0911 e. The third-order valence-corrected chi connectivity index (χ3v) is 2.92. The molecule has 0 atom stereocenters. The van der Waals surface area contributed by atoms with Crippen LogP contribution in [0.25, 0.3) is 0 Å². The van der Waals surface area contributed by atoms with Crippen LogP contribution < -0.4 is 0 Å². The molecule has 1 rings (SSSR count). The maximum atomic E-state index is 9.90. The Hall–Kier alpha value is -0.860. The lowest BCUT2D eigenvalue weighted by atomic mass is 9.89. The van der Waals surface area contributed by atoms with Gasteiger partial charge in [-0.15, -0.1) is 0 Å². The third-order valence-electron chi connectivity index (χ3n) is 2.92. The fourth-order valence-electron chi connectivity index (χ4n) is 1.01. The summed E-state index contributed by atoms with van der Waals surface area (Å²) in [6.07, 6.45) is 0. The van der Waals surface area contributed by atoms with E-state index in [-0.39, 0.29) is 0 Å². The molecular weight excluding hydrogens is 188 g/mol. The van der Waals surface area contributed by atoms with Gasteiger partial charge in [0.1, 0.15) is 0 Å². The molecule has 0 amide bonds. The molecule has 15 heavy (non-hydrogen) atoms. The van der Waals surface area contributed by atoms with Crippen LogP contribution in [-0.4, -0.2) is 16.3 Å². The lowest BCUT2D eigenvalue weighted by molar-refractivity contribution is -0.153. The van der Waals surface area contributed by atoms with Crippen molar-refractivity contribution in [2.75, 3.05) is 0 Å². The zero-order valence-electron chi connectivity index (χ0n) is 9.95. The van der Waals surface area contributed by atoms with Gasteiger partial charge in [-0.1, -0.05) is 30.3 Å². The molecule has 0 aromatic heterocycles. The van der Waals surface area contributed by atoms with Gasteiger partial charge in [0.2, 0.25) is 0 Å². The molecule has 2 heteroatoms. The first-order valence-electron chi connectivity index (χ1n) is 5.23. The molecule has 0 bridgehead atoms. The highest BCUT2D eigenvalue weighted by molar-refractivity contribution is 5.13. The summed E-state index contributed by atoms with van der Waals surface area (Å²) in [6, 6.07) is 9.97. The summed E-state index contributed by atoms with van der Waals surface area (Å²) in [6.45, 7) is 7.85. The maximum absolute atomic E-state index is 9.90. The van der Waals surface area contributed by atoms with Gasteiger partial charge >= 0.3 is 0 Å². The monoisotopic (exact) mass is 208 g/mol. The SMILES string of the molecule is CC(C)(O)C(C)(C)OCc1ccccc1. The van der Waals surface area contributed by atoms with Crippen LogP contribution in [0.3, 0.4) is 0 Å². The summed E-state index contributed by atoms with van der Waals surface area (Å²) >= 11 is 0. The average Bonchev–Trinajstić information content (AvgIpc) is 2.15. The van der Waals surface area contributed by atoms with Crippen molar-refractivity contribution in [3.63, 3.8) is 0 Å². The van der Waals surface area contributed by atoms with Gasteiger partial charge in [-0.2, -0.15) is 0 Å². The summed E-state index contributed by atoms with van der Waals surface area (Å²) in [5.41, 5.74) is -0.278. The molecule has 0 aliphatic carbocycles. The Kier molecular flexibility index (Phi) is 3.53. The van der Waals surface area contributed by atoms with Crippen molar-refractivity contribution in [2.24, 2.45) is 0 Å². The second kappa shape index (κ2) is 4.33. The van der Waals surface area contributed by atoms with Crippen molar-refractivity contribution in [2.45, 2.75) is 45.5 Å². The van der Waals surface area contributed by atoms with E-state index >= 15 is 0 Å². The average molecular weight is 208 g/mol. The van der Waals surface area contributed by atoms with E-state index in [2.05, 4.69) is 0 Å². The van der Waals surface area contributed by atoms with Crippen molar-refractivity contribution < 1.29 is 9.84 Å². The van der Waals surface area contributed by atoms with Gasteiger partial charge in [0.25, 0.3) is 0 Å². The van der Waals surface area contributed by atoms with E-state index in [1.807, 2.05) is 44.2 Å². The summed E-state index contributed by atoms with van der Waals surface area (Å²) in [7, 11) is 0. The van der Waals surface area contributed by atoms with E-state index in [9.17, 15) is 5.11 Å². The molecule has 0 fully saturated rings. The highest BCUT2D eigenvalue weighted by Gasteiger charge is 2.35. The number of hydrogen-bond acceptors (Lipinski definition) is 2. The van der Waals surface area contributed by atoms with E-state index in [1.165, 1.54) is 0 Å². The van der Waals surface area contributed by atoms with Gasteiger partial charge in [0, 0.05) is 0 Å². The van der Waals surface area contributed by atoms with Crippen molar-refractivity contribution in [3.05, 3.63) is 35.9 Å². The standard InChI is InChI=1S/C13H20O2/c1-12(2,14)13(3,4)15-10-11-8-6-5-7-9-11/h5-9,14H,10H2,1-4H3. The fraction of sp³-hybridized carbons (Fsp3) is 0.538. The Morgan fingerprint density at radius 2 is 1.60 bits per heavy atom. The van der Waals surface area contributed by atoms with E-state index in [0.717, 1.165) is 5.56 Å². The van der Waals surface area contributed by atoms with E-state index in [4.69, 9.17) is 4.74 Å². The van der Waals surface area contributed by atoms with Crippen molar-refractivity contribution >= 4 is 0 Å². The first kappa shape index (κ1) is 12.2. The van der Waals surface area contributed by atoms with Gasteiger partial charge < -0.3 is 9.84 Å². The second-order valence-corrected chi connectivity index (χ2v) is 4.84. The summed E-state index contributed by atoms with van der Waals surface area (Å²) in [4.78, 5) is 0. The van der Waals surface area contributed by atoms with E-state index in [1.54, 1.807) is 13.8 Å². The van der Waals surface area contributed by atoms with Gasteiger partial charge in [0.15, 0.2) is 0 Å². The van der Waals surface area contributed by atoms with Gasteiger partial charge in [-0.25, -0.2) is 0 Å². The number of benzene rings is 1. The Morgan fingerprint density at radius 3 is 2.07 bits per heavy atom. The molecule has 0 saturated heterocycles. The second-order valence-electron chi connectivity index (χ2n) is 4.84. The molecule has 1 aromatic carbocycles. The van der Waals surface area contributed by atoms with Crippen LogP contribution in [0, 0.1) is 0 Å². The Bertz CT molecular complexity index is 296. The van der Waals surface area contributed by atoms with Gasteiger partial charge in [-0.05, 0) is 33.3 Å². The van der Waals surface area contributed by atoms with Crippen LogP contribution >= 0.6 is 0 Å². The topological polar surface area (TPSA) is 29.5 Å². The van der Waals surface area contributed by atoms with E-state index in [0.29, 0.717) is 6.61 Å². The summed E-state index contributed by atoms with van der Waals surface area (Å²) < 4.78 is 5.73. The first-order valence-corrected chi connectivity index (χ1v) is 5.23. The fourth-order valence-corrected chi connectivity index (χ4v) is 1.01. The Balaban J connectivity index is 2.58. The molecule has 84 valence electrons. The highest BCUT2D eigenvalue weighted by Crippen LogP contribution is 2.26. The largest absolute Gasteiger partial charge is 0.387 e. The molecule has 0 unspecified atom stereocenters. The molecule has 1 aromatic rings. The Morgan fingerprint density at radius 1 is 1.07 bits per heavy atom. The third kappa shape index (κ3) is 3.33. The molecular formula is C13H20O2. The molecule has 2 nitrogen and oxygen atoms in total. The molecule has 0 aliphatic heterocycles. The van der Waals surface area contributed by atoms with Crippen LogP contribution in [0.4, 0.5) is 0 Å². The zero-order chi connectivity index (χ0) is 11.5. The van der Waals surface area contributed by atoms with Crippen LogP contribution in [0.15, 0.2) is 30.3 Å². The van der Waals surface area contributed by atoms with E-state index < -0.39 is 11.2 Å². The lowest BCUT2D eigenvalue weighted by Gasteiger charge is -2.37. The van der Waals surface area contributed by atoms with Gasteiger partial charge in [-0.3, -0.25) is 0 Å². The Labute approximate surface area is 91.9 Å². The van der Waals surface area contributed by atoms with Crippen LogP contribution in [0.1, 0.15) is 33.3 Å². The van der Waals surface area contributed by atoms with Crippen molar-refractivity contribution in [1.82, 2.24) is 0 Å². The minimum absolute atomic E-state index is 0.526. The minimum atomic E-state index is -0.845. The molecule has 0 heterocycles. The number of rotatable bonds is 4. The smallest absolute Gasteiger partial charge is 0.0911 e. The molecule has 0 radical (unpaired) electrons. The normalized spacial score (nSPS) is 12.9. The highest BCUT2D eigenvalue weighted by atomic mass is 16.5. The van der Waals surface area contributed by atoms with Crippen LogP contribution in [-0.2, 0) is 11.3 Å². The van der Waals surface area contributed by atoms with Crippen molar-refractivity contribution in [1.29, 1.82) is 0 Å². The molecule has 0 saturated carbocycles. The van der Waals surface area contributed by atoms with Gasteiger partial charge in [0.05, 0.1) is 17.8 Å². The predicted molar refractivity (Wildman–Crippen MR) is 61.6 cm³/mol. The lowest BCUT2D eigenvalue weighted by Crippen LogP contribution is -2.47. The predicted octanol–water partition coefficient (Wildman–Crippen LogP) is 2.75. The molecule has 0 aliphatic rings. The number of hydrogen-bond donors (Lipinski definition) is 1. The first-order chi connectivity index (χ1) is 6.83. The van der Waals surface area contributed by atoms with Crippen LogP contribution in [0.5, 0.6) is 0 Å². The van der Waals surface area contributed by atoms with Crippen LogP contribution in [0.2, 0.25) is 0 Å². The number of ether oxygens (including phenoxy) is 1. The summed E-state index contributed by atoms with van der Waals surface area (Å²) in [5, 5.41) is 9.90. The summed E-state index contributed by atoms with van der Waals surface area (Å²) in [5.74, 6) is 0. The molecule has 0 spiro atoms. The van der Waals surface area contributed by atoms with Crippen molar-refractivity contribution in [3.8, 4) is 0 Å². The molecule has 1 N–H and O–H groups in total. The minimum Gasteiger partial charge on any atom is -0.387 e. The number of aliphatic hydroxyl groups is 1.